The quantitative estimate of drug-likeness (QED) is 0.378. The first-order chi connectivity index (χ1) is 8.31. The highest BCUT2D eigenvalue weighted by Gasteiger charge is 2.07. The Balaban J connectivity index is 2.20. The van der Waals surface area contributed by atoms with Crippen LogP contribution in [0.25, 0.3) is 21.6 Å². The number of azide groups is 1. The molecule has 0 atom stereocenters. The number of aromatic nitrogens is 1. The second-order valence-electron chi connectivity index (χ2n) is 3.15. The largest absolute Gasteiger partial charge is 0.507 e. The van der Waals surface area contributed by atoms with Gasteiger partial charge in [-0.15, -0.1) is 0 Å². The summed E-state index contributed by atoms with van der Waals surface area (Å²) < 4.78 is 4.91. The fourth-order valence-corrected chi connectivity index (χ4v) is 1.33. The molecule has 17 heavy (non-hydrogen) atoms. The van der Waals surface area contributed by atoms with Crippen molar-refractivity contribution in [1.82, 2.24) is 4.98 Å². The van der Waals surface area contributed by atoms with Crippen LogP contribution in [0.1, 0.15) is 5.69 Å². The molecule has 7 heteroatoms. The molecule has 2 aromatic rings. The van der Waals surface area contributed by atoms with E-state index in [2.05, 4.69) is 20.0 Å². The highest BCUT2D eigenvalue weighted by atomic mass is 16.6. The van der Waals surface area contributed by atoms with Crippen molar-refractivity contribution in [2.45, 2.75) is 6.61 Å². The van der Waals surface area contributed by atoms with Crippen molar-refractivity contribution in [1.29, 1.82) is 0 Å². The SMILES string of the molecule is [N-]=[N+]=NOCc1cc(O)c(-c2ccoc2)cn1. The molecule has 0 unspecified atom stereocenters. The lowest BCUT2D eigenvalue weighted by Gasteiger charge is -2.03. The van der Waals surface area contributed by atoms with Gasteiger partial charge in [0.25, 0.3) is 0 Å². The Morgan fingerprint density at radius 3 is 3.12 bits per heavy atom. The first kappa shape index (κ1) is 10.8. The van der Waals surface area contributed by atoms with Crippen molar-refractivity contribution in [3.05, 3.63) is 47.0 Å². The molecule has 2 heterocycles. The molecule has 0 radical (unpaired) electrons. The first-order valence-corrected chi connectivity index (χ1v) is 4.68. The Kier molecular flexibility index (Phi) is 3.13. The normalized spacial score (nSPS) is 9.65. The molecule has 0 saturated carbocycles. The monoisotopic (exact) mass is 232 g/mol. The zero-order chi connectivity index (χ0) is 12.1. The number of rotatable bonds is 4. The molecule has 0 bridgehead atoms. The highest BCUT2D eigenvalue weighted by Crippen LogP contribution is 2.28. The summed E-state index contributed by atoms with van der Waals surface area (Å²) in [6, 6.07) is 3.15. The molecule has 0 aromatic carbocycles. The average Bonchev–Trinajstić information content (AvgIpc) is 2.83. The van der Waals surface area contributed by atoms with Gasteiger partial charge >= 0.3 is 0 Å². The van der Waals surface area contributed by atoms with E-state index in [-0.39, 0.29) is 12.4 Å². The molecule has 0 spiro atoms. The van der Waals surface area contributed by atoms with Gasteiger partial charge in [-0.25, -0.2) is 0 Å². The average molecular weight is 232 g/mol. The van der Waals surface area contributed by atoms with Crippen molar-refractivity contribution in [2.24, 2.45) is 5.28 Å². The molecule has 0 aliphatic carbocycles. The minimum Gasteiger partial charge on any atom is -0.507 e. The van der Waals surface area contributed by atoms with Crippen LogP contribution in [-0.4, -0.2) is 10.1 Å². The summed E-state index contributed by atoms with van der Waals surface area (Å²) >= 11 is 0. The van der Waals surface area contributed by atoms with Crippen molar-refractivity contribution < 1.29 is 14.4 Å². The minimum absolute atomic E-state index is 0.00326. The summed E-state index contributed by atoms with van der Waals surface area (Å²) in [4.78, 5) is 11.1. The van der Waals surface area contributed by atoms with Gasteiger partial charge in [0, 0.05) is 28.3 Å². The van der Waals surface area contributed by atoms with E-state index >= 15 is 0 Å². The Morgan fingerprint density at radius 1 is 1.59 bits per heavy atom. The molecule has 2 rings (SSSR count). The molecule has 0 saturated heterocycles. The molecule has 86 valence electrons. The minimum atomic E-state index is 0.00326. The van der Waals surface area contributed by atoms with Crippen molar-refractivity contribution in [3.63, 3.8) is 0 Å². The third-order valence-electron chi connectivity index (χ3n) is 2.08. The smallest absolute Gasteiger partial charge is 0.139 e. The van der Waals surface area contributed by atoms with Gasteiger partial charge in [0.1, 0.15) is 17.6 Å². The van der Waals surface area contributed by atoms with E-state index in [0.717, 1.165) is 5.56 Å². The van der Waals surface area contributed by atoms with E-state index in [9.17, 15) is 5.11 Å². The Bertz CT molecular complexity index is 547. The summed E-state index contributed by atoms with van der Waals surface area (Å²) in [5, 5.41) is 12.7. The third kappa shape index (κ3) is 2.47. The molecule has 0 amide bonds. The Hall–Kier alpha value is -2.66. The van der Waals surface area contributed by atoms with Crippen LogP contribution < -0.4 is 0 Å². The maximum Gasteiger partial charge on any atom is 0.139 e. The van der Waals surface area contributed by atoms with Crippen molar-refractivity contribution in [2.75, 3.05) is 0 Å². The van der Waals surface area contributed by atoms with Gasteiger partial charge in [-0.1, -0.05) is 0 Å². The van der Waals surface area contributed by atoms with Gasteiger partial charge in [0.05, 0.1) is 18.2 Å². The lowest BCUT2D eigenvalue weighted by Crippen LogP contribution is -1.91. The van der Waals surface area contributed by atoms with Crippen LogP contribution in [0, 0.1) is 0 Å². The van der Waals surface area contributed by atoms with Gasteiger partial charge in [-0.2, -0.15) is 0 Å². The van der Waals surface area contributed by atoms with Crippen molar-refractivity contribution >= 4 is 0 Å². The standard InChI is InChI=1S/C10H8N4O3/c11-13-14-17-6-8-3-10(15)9(4-12-8)7-1-2-16-5-7/h1-5H,6H2,(H,12,15). The predicted molar refractivity (Wildman–Crippen MR) is 57.5 cm³/mol. The molecular formula is C10H8N4O3. The summed E-state index contributed by atoms with van der Waals surface area (Å²) in [5.41, 5.74) is 9.78. The number of hydrogen-bond donors (Lipinski definition) is 1. The molecular weight excluding hydrogens is 224 g/mol. The van der Waals surface area contributed by atoms with Crippen LogP contribution in [0.3, 0.4) is 0 Å². The van der Waals surface area contributed by atoms with Crippen LogP contribution in [0.2, 0.25) is 0 Å². The fourth-order valence-electron chi connectivity index (χ4n) is 1.33. The number of furan rings is 1. The number of pyridine rings is 1. The van der Waals surface area contributed by atoms with Crippen LogP contribution in [-0.2, 0) is 11.4 Å². The lowest BCUT2D eigenvalue weighted by atomic mass is 10.1. The third-order valence-corrected chi connectivity index (χ3v) is 2.08. The fraction of sp³-hybridized carbons (Fsp3) is 0.100. The maximum absolute atomic E-state index is 9.78. The molecule has 0 aliphatic rings. The van der Waals surface area contributed by atoms with E-state index < -0.39 is 0 Å². The molecule has 0 fully saturated rings. The second-order valence-corrected chi connectivity index (χ2v) is 3.15. The Labute approximate surface area is 95.9 Å². The topological polar surface area (TPSA) is 104 Å². The van der Waals surface area contributed by atoms with E-state index in [0.29, 0.717) is 11.3 Å². The Morgan fingerprint density at radius 2 is 2.47 bits per heavy atom. The molecule has 7 nitrogen and oxygen atoms in total. The molecule has 1 N–H and O–H groups in total. The van der Waals surface area contributed by atoms with Gasteiger partial charge < -0.3 is 14.4 Å². The van der Waals surface area contributed by atoms with Gasteiger partial charge in [-0.05, 0) is 11.6 Å². The summed E-state index contributed by atoms with van der Waals surface area (Å²) in [5.74, 6) is 0.0564. The molecule has 2 aromatic heterocycles. The number of hydrogen-bond acceptors (Lipinski definition) is 5. The predicted octanol–water partition coefficient (Wildman–Crippen LogP) is 2.79. The zero-order valence-electron chi connectivity index (χ0n) is 8.65. The maximum atomic E-state index is 9.78. The van der Waals surface area contributed by atoms with Gasteiger partial charge in [0.2, 0.25) is 0 Å². The van der Waals surface area contributed by atoms with Crippen LogP contribution in [0.5, 0.6) is 5.75 Å². The molecule has 0 aliphatic heterocycles. The zero-order valence-corrected chi connectivity index (χ0v) is 8.65. The van der Waals surface area contributed by atoms with E-state index in [1.165, 1.54) is 24.8 Å². The van der Waals surface area contributed by atoms with E-state index in [1.807, 2.05) is 0 Å². The van der Waals surface area contributed by atoms with Crippen LogP contribution in [0.4, 0.5) is 0 Å². The van der Waals surface area contributed by atoms with Gasteiger partial charge in [-0.3, -0.25) is 4.98 Å². The number of aromatic hydroxyl groups is 1. The summed E-state index contributed by atoms with van der Waals surface area (Å²) in [6.07, 6.45) is 4.51. The van der Waals surface area contributed by atoms with Crippen molar-refractivity contribution in [3.8, 4) is 16.9 Å². The second kappa shape index (κ2) is 4.91. The lowest BCUT2D eigenvalue weighted by molar-refractivity contribution is 0.122. The first-order valence-electron chi connectivity index (χ1n) is 4.68. The van der Waals surface area contributed by atoms with Crippen LogP contribution >= 0.6 is 0 Å². The highest BCUT2D eigenvalue weighted by molar-refractivity contribution is 5.68. The summed E-state index contributed by atoms with van der Waals surface area (Å²) in [7, 11) is 0. The van der Waals surface area contributed by atoms with E-state index in [4.69, 9.17) is 9.95 Å². The van der Waals surface area contributed by atoms with Crippen LogP contribution in [0.15, 0.2) is 40.6 Å². The number of nitrogens with zero attached hydrogens (tertiary/aromatic N) is 4. The van der Waals surface area contributed by atoms with Gasteiger partial charge in [0.15, 0.2) is 0 Å². The van der Waals surface area contributed by atoms with E-state index in [1.54, 1.807) is 6.07 Å². The summed E-state index contributed by atoms with van der Waals surface area (Å²) in [6.45, 7) is 0.00326.